The Balaban J connectivity index is -0.000000738. The largest absolute Gasteiger partial charge is 1.00 e. The van der Waals surface area contributed by atoms with Crippen molar-refractivity contribution in [3.05, 3.63) is 15.3 Å². The summed E-state index contributed by atoms with van der Waals surface area (Å²) < 4.78 is 0.637. The summed E-state index contributed by atoms with van der Waals surface area (Å²) in [6.45, 7) is 5.19. The van der Waals surface area contributed by atoms with Crippen molar-refractivity contribution in [2.45, 2.75) is 129 Å². The third kappa shape index (κ3) is 27.8. The molecule has 0 aliphatic carbocycles. The first kappa shape index (κ1) is 38.1. The van der Waals surface area contributed by atoms with Crippen LogP contribution < -0.4 is 34.9 Å². The minimum Gasteiger partial charge on any atom is -1.00 e. The Kier molecular flexibility index (Phi) is 30.5. The number of nitrogens with one attached hydrogen (secondary N) is 1. The zero-order valence-electron chi connectivity index (χ0n) is 24.0. The van der Waals surface area contributed by atoms with Gasteiger partial charge in [-0.1, -0.05) is 104 Å². The Morgan fingerprint density at radius 1 is 0.853 bits per heavy atom. The second kappa shape index (κ2) is 27.2. The number of likely N-dealkylation sites (N-methyl/N-ethyl adjacent to an activating group) is 1. The molecule has 0 bridgehead atoms. The number of hydrogen-bond donors (Lipinski definition) is 2. The molecule has 200 valence electrons. The van der Waals surface area contributed by atoms with Crippen LogP contribution in [-0.4, -0.2) is 54.0 Å². The monoisotopic (exact) mass is 499 g/mol. The molecule has 8 nitrogen and oxygen atoms in total. The van der Waals surface area contributed by atoms with Crippen LogP contribution in [0.15, 0.2) is 0 Å². The van der Waals surface area contributed by atoms with E-state index in [1.165, 1.54) is 83.5 Å². The number of carbonyl (C=O) groups is 1. The first-order chi connectivity index (χ1) is 15.7. The minimum atomic E-state index is -1.75. The van der Waals surface area contributed by atoms with Crippen LogP contribution in [0.2, 0.25) is 0 Å². The van der Waals surface area contributed by atoms with Gasteiger partial charge in [0, 0.05) is 12.8 Å². The molecule has 1 amide bonds. The topological polar surface area (TPSA) is 116 Å². The fourth-order valence-corrected chi connectivity index (χ4v) is 4.10. The van der Waals surface area contributed by atoms with Crippen molar-refractivity contribution in [1.29, 1.82) is 0 Å². The number of rotatable bonds is 21. The molecule has 0 fully saturated rings. The number of hydrogen-bond acceptors (Lipinski definition) is 5. The van der Waals surface area contributed by atoms with Crippen molar-refractivity contribution in [2.75, 3.05) is 27.2 Å². The van der Waals surface area contributed by atoms with Gasteiger partial charge in [0.15, 0.2) is 6.17 Å². The smallest absolute Gasteiger partial charge is 1.00 e. The molecular formula is C25H54N3NaO5. The number of nitrogens with zero attached hydrogens (tertiary/aromatic N) is 2. The van der Waals surface area contributed by atoms with E-state index in [2.05, 4.69) is 33.3 Å². The SMILES string of the molecule is CCCCCCCCCCCCCCCCCC(=O)NC(CC)[N+](C)(C)CCO.O=[N+]([O-])[O-].[H-].[Na+]. The average molecular weight is 500 g/mol. The average Bonchev–Trinajstić information content (AvgIpc) is 2.74. The fourth-order valence-electron chi connectivity index (χ4n) is 4.10. The van der Waals surface area contributed by atoms with Crippen LogP contribution in [0.3, 0.4) is 0 Å². The summed E-state index contributed by atoms with van der Waals surface area (Å²) in [7, 11) is 4.14. The minimum absolute atomic E-state index is 0. The molecular weight excluding hydrogens is 445 g/mol. The van der Waals surface area contributed by atoms with Gasteiger partial charge in [-0.25, -0.2) is 0 Å². The zero-order valence-corrected chi connectivity index (χ0v) is 25.0. The molecule has 0 rings (SSSR count). The van der Waals surface area contributed by atoms with Crippen molar-refractivity contribution in [1.82, 2.24) is 5.32 Å². The van der Waals surface area contributed by atoms with Crippen LogP contribution in [-0.2, 0) is 4.79 Å². The van der Waals surface area contributed by atoms with E-state index in [1.54, 1.807) is 0 Å². The molecule has 0 heterocycles. The van der Waals surface area contributed by atoms with Gasteiger partial charge in [0.2, 0.25) is 5.91 Å². The first-order valence-electron chi connectivity index (χ1n) is 13.3. The normalized spacial score (nSPS) is 11.7. The number of aliphatic hydroxyl groups excluding tert-OH is 1. The summed E-state index contributed by atoms with van der Waals surface area (Å²) in [5.41, 5.74) is 0. The van der Waals surface area contributed by atoms with Gasteiger partial charge in [-0.05, 0) is 6.42 Å². The quantitative estimate of drug-likeness (QED) is 0.0629. The van der Waals surface area contributed by atoms with Gasteiger partial charge in [-0.3, -0.25) is 4.79 Å². The Bertz CT molecular complexity index is 470. The molecule has 0 aliphatic rings. The van der Waals surface area contributed by atoms with Crippen molar-refractivity contribution in [3.63, 3.8) is 0 Å². The van der Waals surface area contributed by atoms with Crippen molar-refractivity contribution < 1.29 is 50.5 Å². The molecule has 9 heteroatoms. The molecule has 1 unspecified atom stereocenters. The number of carbonyl (C=O) groups excluding carboxylic acids is 1. The standard InChI is InChI=1S/C25H52N2O2.NO3.Na.H/c1-5-7-8-9-10-11-12-13-14-15-16-17-18-19-20-21-25(29)26-24(6-2)27(3,4)22-23-28;2-1(3)4;;/h24,28H,5-23H2,1-4H3;;;/q;-1;+1;-1/p+1. The molecule has 0 aromatic heterocycles. The van der Waals surface area contributed by atoms with Gasteiger partial charge >= 0.3 is 29.6 Å². The van der Waals surface area contributed by atoms with Crippen molar-refractivity contribution in [2.24, 2.45) is 0 Å². The Morgan fingerprint density at radius 3 is 1.53 bits per heavy atom. The fraction of sp³-hybridized carbons (Fsp3) is 0.960. The summed E-state index contributed by atoms with van der Waals surface area (Å²) in [6.07, 6.45) is 21.8. The predicted molar refractivity (Wildman–Crippen MR) is 137 cm³/mol. The third-order valence-electron chi connectivity index (χ3n) is 6.24. The molecule has 0 saturated heterocycles. The van der Waals surface area contributed by atoms with Gasteiger partial charge in [0.25, 0.3) is 0 Å². The van der Waals surface area contributed by atoms with E-state index in [1.807, 2.05) is 0 Å². The van der Waals surface area contributed by atoms with E-state index < -0.39 is 5.09 Å². The number of unbranched alkanes of at least 4 members (excludes halogenated alkanes) is 14. The molecule has 0 saturated carbocycles. The van der Waals surface area contributed by atoms with Gasteiger partial charge in [-0.2, -0.15) is 0 Å². The van der Waals surface area contributed by atoms with Crippen molar-refractivity contribution >= 4 is 5.91 Å². The van der Waals surface area contributed by atoms with Crippen LogP contribution >= 0.6 is 0 Å². The van der Waals surface area contributed by atoms with E-state index in [9.17, 15) is 9.90 Å². The third-order valence-corrected chi connectivity index (χ3v) is 6.24. The predicted octanol–water partition coefficient (Wildman–Crippen LogP) is 3.05. The number of amides is 1. The Hall–Kier alpha value is -0.410. The van der Waals surface area contributed by atoms with Gasteiger partial charge in [-0.15, -0.1) is 0 Å². The zero-order chi connectivity index (χ0) is 25.4. The maximum absolute atomic E-state index is 12.2. The summed E-state index contributed by atoms with van der Waals surface area (Å²) >= 11 is 0. The summed E-state index contributed by atoms with van der Waals surface area (Å²) in [5, 5.41) is 27.1. The van der Waals surface area contributed by atoms with E-state index >= 15 is 0 Å². The first-order valence-corrected chi connectivity index (χ1v) is 13.3. The summed E-state index contributed by atoms with van der Waals surface area (Å²) in [4.78, 5) is 20.5. The van der Waals surface area contributed by atoms with Crippen LogP contribution in [0.5, 0.6) is 0 Å². The van der Waals surface area contributed by atoms with Gasteiger partial charge in [0.05, 0.1) is 25.8 Å². The molecule has 0 aromatic rings. The maximum Gasteiger partial charge on any atom is 1.00 e. The Labute approximate surface area is 232 Å². The molecule has 0 spiro atoms. The van der Waals surface area contributed by atoms with Crippen LogP contribution in [0.25, 0.3) is 0 Å². The van der Waals surface area contributed by atoms with E-state index in [4.69, 9.17) is 15.3 Å². The molecule has 2 N–H and O–H groups in total. The van der Waals surface area contributed by atoms with Crippen molar-refractivity contribution in [3.8, 4) is 0 Å². The van der Waals surface area contributed by atoms with E-state index in [0.29, 0.717) is 17.4 Å². The number of aliphatic hydroxyl groups is 1. The molecule has 0 aliphatic heterocycles. The molecule has 0 aromatic carbocycles. The Morgan fingerprint density at radius 2 is 1.21 bits per heavy atom. The number of quaternary nitrogens is 1. The summed E-state index contributed by atoms with van der Waals surface area (Å²) in [6, 6.07) is 0. The maximum atomic E-state index is 12.2. The summed E-state index contributed by atoms with van der Waals surface area (Å²) in [5.74, 6) is 0.163. The van der Waals surface area contributed by atoms with E-state index in [-0.39, 0.29) is 49.7 Å². The van der Waals surface area contributed by atoms with Crippen LogP contribution in [0, 0.1) is 15.3 Å². The van der Waals surface area contributed by atoms with Gasteiger partial charge in [0.1, 0.15) is 6.54 Å². The molecule has 0 radical (unpaired) electrons. The second-order valence-electron chi connectivity index (χ2n) is 9.64. The molecule has 1 atom stereocenters. The second-order valence-corrected chi connectivity index (χ2v) is 9.64. The molecule has 34 heavy (non-hydrogen) atoms. The van der Waals surface area contributed by atoms with E-state index in [0.717, 1.165) is 19.3 Å². The van der Waals surface area contributed by atoms with Crippen LogP contribution in [0.1, 0.15) is 124 Å². The van der Waals surface area contributed by atoms with Crippen LogP contribution in [0.4, 0.5) is 0 Å². The van der Waals surface area contributed by atoms with Gasteiger partial charge < -0.3 is 31.7 Å².